The van der Waals surface area contributed by atoms with Gasteiger partial charge in [-0.05, 0) is 0 Å². The highest BCUT2D eigenvalue weighted by molar-refractivity contribution is 5.78. The lowest BCUT2D eigenvalue weighted by Crippen LogP contribution is -1.82. The van der Waals surface area contributed by atoms with E-state index >= 15 is 0 Å². The van der Waals surface area contributed by atoms with Crippen LogP contribution in [-0.4, -0.2) is 11.1 Å². The van der Waals surface area contributed by atoms with Gasteiger partial charge in [0.2, 0.25) is 0 Å². The first-order valence-corrected chi connectivity index (χ1v) is 1.12. The van der Waals surface area contributed by atoms with Gasteiger partial charge in [0.1, 0.15) is 0 Å². The van der Waals surface area contributed by atoms with Gasteiger partial charge in [0.15, 0.2) is 0 Å². The zero-order chi connectivity index (χ0) is 4.28. The Labute approximate surface area is 35.9 Å². The second-order valence-electron chi connectivity index (χ2n) is 0.542. The molecule has 6 heavy (non-hydrogen) atoms. The van der Waals surface area contributed by atoms with Gasteiger partial charge in [-0.25, -0.2) is 4.79 Å². The van der Waals surface area contributed by atoms with Crippen molar-refractivity contribution in [2.24, 2.45) is 0 Å². The van der Waals surface area contributed by atoms with E-state index in [1.165, 1.54) is 0 Å². The van der Waals surface area contributed by atoms with Crippen molar-refractivity contribution in [1.82, 2.24) is 6.15 Å². The monoisotopic (exact) mass is 90.1 g/mol. The van der Waals surface area contributed by atoms with Gasteiger partial charge in [-0.15, -0.1) is 0 Å². The van der Waals surface area contributed by atoms with E-state index in [0.29, 0.717) is 0 Å². The minimum atomic E-state index is -0.981. The Morgan fingerprint density at radius 3 is 2.00 bits per heavy atom. The van der Waals surface area contributed by atoms with E-state index < -0.39 is 5.97 Å². The van der Waals surface area contributed by atoms with Crippen LogP contribution in [0.5, 0.6) is 0 Å². The molecule has 0 amide bonds. The number of aliphatic carboxylic acids is 1. The Kier molecular flexibility index (Phi) is 6.22. The van der Waals surface area contributed by atoms with Crippen molar-refractivity contribution in [3.63, 3.8) is 0 Å². The van der Waals surface area contributed by atoms with E-state index in [0.717, 1.165) is 6.08 Å². The zero-order valence-corrected chi connectivity index (χ0v) is 3.64. The van der Waals surface area contributed by atoms with Crippen molar-refractivity contribution in [2.45, 2.75) is 0 Å². The molecule has 0 spiro atoms. The normalized spacial score (nSPS) is 5.33. The van der Waals surface area contributed by atoms with Crippen molar-refractivity contribution >= 4 is 5.97 Å². The molecule has 0 rings (SSSR count). The summed E-state index contributed by atoms with van der Waals surface area (Å²) in [5.41, 5.74) is 0. The highest BCUT2D eigenvalue weighted by atomic mass is 16.4. The van der Waals surface area contributed by atoms with Gasteiger partial charge in [-0.1, -0.05) is 6.58 Å². The predicted octanol–water partition coefficient (Wildman–Crippen LogP) is 0.633. The lowest BCUT2D eigenvalue weighted by atomic mass is 10.7. The van der Waals surface area contributed by atoms with Gasteiger partial charge in [0, 0.05) is 6.08 Å². The van der Waals surface area contributed by atoms with Crippen LogP contribution in [0.4, 0.5) is 0 Å². The molecular weight excluding hydrogens is 82.0 g/mol. The Balaban J connectivity index is 0. The van der Waals surface area contributed by atoms with Crippen LogP contribution in [0.15, 0.2) is 12.7 Å². The van der Waals surface area contributed by atoms with Gasteiger partial charge in [0.05, 0.1) is 0 Å². The summed E-state index contributed by atoms with van der Waals surface area (Å²) in [5.74, 6) is -0.981. The molecule has 0 bridgehead atoms. The van der Waals surface area contributed by atoms with E-state index in [9.17, 15) is 4.79 Å². The summed E-state index contributed by atoms with van der Waals surface area (Å²) in [5, 5.41) is 7.60. The molecule has 0 unspecified atom stereocenters. The summed E-state index contributed by atoms with van der Waals surface area (Å²) < 4.78 is 0. The van der Waals surface area contributed by atoms with Crippen LogP contribution in [0, 0.1) is 0 Å². The topological polar surface area (TPSA) is 73.8 Å². The maximum Gasteiger partial charge on any atom is 0.327 e. The maximum absolute atomic E-state index is 9.25. The Bertz CT molecular complexity index is 59.8. The fourth-order valence-electron chi connectivity index (χ4n) is 0. The number of rotatable bonds is 1. The van der Waals surface area contributed by atoms with Crippen LogP contribution in [0.3, 0.4) is 0 Å². The van der Waals surface area contributed by atoms with Crippen LogP contribution in [0.1, 0.15) is 0 Å². The number of carboxylic acid groups (broad SMARTS) is 1. The molecule has 0 heterocycles. The molecule has 0 saturated carbocycles. The predicted molar refractivity (Wildman–Crippen MR) is 23.8 cm³/mol. The summed E-state index contributed by atoms with van der Waals surface area (Å²) in [6.07, 6.45) is 0.833. The number of hydrogen-bond acceptors (Lipinski definition) is 1. The summed E-state index contributed by atoms with van der Waals surface area (Å²) in [7, 11) is 0. The molecule has 5 N–H and O–H groups in total. The molecule has 3 nitrogen and oxygen atoms in total. The second-order valence-corrected chi connectivity index (χ2v) is 0.542. The van der Waals surface area contributed by atoms with Crippen molar-refractivity contribution in [2.75, 3.05) is 0 Å². The molecule has 3 heteroatoms. The highest BCUT2D eigenvalue weighted by Crippen LogP contribution is 1.54. The first-order chi connectivity index (χ1) is 2.27. The zero-order valence-electron chi connectivity index (χ0n) is 3.64. The third-order valence-corrected chi connectivity index (χ3v) is 0.175. The molecule has 0 aromatic carbocycles. The SMILES string of the molecule is C=CC(=O)O.[NH4+]. The number of carbonyl (C=O) groups is 1. The minimum absolute atomic E-state index is 0. The molecule has 36 valence electrons. The third-order valence-electron chi connectivity index (χ3n) is 0.175. The Morgan fingerprint density at radius 1 is 1.83 bits per heavy atom. The molecule has 0 aromatic rings. The molecule has 0 fully saturated rings. The van der Waals surface area contributed by atoms with Gasteiger partial charge in [-0.3, -0.25) is 0 Å². The fourth-order valence-corrected chi connectivity index (χ4v) is 0. The van der Waals surface area contributed by atoms with Gasteiger partial charge in [0.25, 0.3) is 0 Å². The summed E-state index contributed by atoms with van der Waals surface area (Å²) in [6.45, 7) is 2.96. The summed E-state index contributed by atoms with van der Waals surface area (Å²) in [6, 6.07) is 0. The third kappa shape index (κ3) is 10.9. The summed E-state index contributed by atoms with van der Waals surface area (Å²) >= 11 is 0. The standard InChI is InChI=1S/C3H4O2.H3N/c1-2-3(4)5;/h2H,1H2,(H,4,5);1H3/p+1. The van der Waals surface area contributed by atoms with Gasteiger partial charge < -0.3 is 11.3 Å². The van der Waals surface area contributed by atoms with E-state index in [1.54, 1.807) is 0 Å². The Morgan fingerprint density at radius 2 is 2.00 bits per heavy atom. The van der Waals surface area contributed by atoms with Crippen molar-refractivity contribution in [3.8, 4) is 0 Å². The van der Waals surface area contributed by atoms with Gasteiger partial charge in [-0.2, -0.15) is 0 Å². The molecule has 0 saturated heterocycles. The molecule has 0 atom stereocenters. The van der Waals surface area contributed by atoms with Crippen LogP contribution in [0.2, 0.25) is 0 Å². The fraction of sp³-hybridized carbons (Fsp3) is 0. The molecule has 0 aliphatic heterocycles. The number of carboxylic acids is 1. The minimum Gasteiger partial charge on any atom is -0.478 e. The average molecular weight is 90.1 g/mol. The molecule has 0 aliphatic carbocycles. The molecule has 0 aliphatic rings. The number of quaternary nitrogens is 1. The van der Waals surface area contributed by atoms with Crippen LogP contribution >= 0.6 is 0 Å². The van der Waals surface area contributed by atoms with Crippen molar-refractivity contribution in [1.29, 1.82) is 0 Å². The van der Waals surface area contributed by atoms with Crippen LogP contribution < -0.4 is 6.15 Å². The lowest BCUT2D eigenvalue weighted by Gasteiger charge is -1.64. The summed E-state index contributed by atoms with van der Waals surface area (Å²) in [4.78, 5) is 9.25. The van der Waals surface area contributed by atoms with E-state index in [4.69, 9.17) is 5.11 Å². The van der Waals surface area contributed by atoms with Crippen LogP contribution in [-0.2, 0) is 4.79 Å². The maximum atomic E-state index is 9.25. The van der Waals surface area contributed by atoms with E-state index in [2.05, 4.69) is 6.58 Å². The highest BCUT2D eigenvalue weighted by Gasteiger charge is 1.73. The smallest absolute Gasteiger partial charge is 0.327 e. The average Bonchev–Trinajstić information content (AvgIpc) is 1.38. The molecule has 0 radical (unpaired) electrons. The number of hydrogen-bond donors (Lipinski definition) is 2. The van der Waals surface area contributed by atoms with E-state index in [1.807, 2.05) is 0 Å². The van der Waals surface area contributed by atoms with Gasteiger partial charge >= 0.3 is 5.97 Å². The van der Waals surface area contributed by atoms with Crippen LogP contribution in [0.25, 0.3) is 0 Å². The molecule has 0 aromatic heterocycles. The van der Waals surface area contributed by atoms with Crippen molar-refractivity contribution < 1.29 is 9.90 Å². The molecular formula is C3H8NO2+. The second kappa shape index (κ2) is 4.17. The van der Waals surface area contributed by atoms with E-state index in [-0.39, 0.29) is 6.15 Å². The quantitative estimate of drug-likeness (QED) is 0.463. The Hall–Kier alpha value is -0.830. The first-order valence-electron chi connectivity index (χ1n) is 1.12. The first kappa shape index (κ1) is 8.95. The van der Waals surface area contributed by atoms with Crippen molar-refractivity contribution in [3.05, 3.63) is 12.7 Å². The largest absolute Gasteiger partial charge is 0.478 e. The lowest BCUT2D eigenvalue weighted by molar-refractivity contribution is -0.131.